The third-order valence-corrected chi connectivity index (χ3v) is 4.00. The average molecular weight is 308 g/mol. The summed E-state index contributed by atoms with van der Waals surface area (Å²) < 4.78 is 5.89. The van der Waals surface area contributed by atoms with Gasteiger partial charge in [-0.1, -0.05) is 46.8 Å². The molecule has 0 aliphatic carbocycles. The van der Waals surface area contributed by atoms with E-state index in [0.717, 1.165) is 25.2 Å². The van der Waals surface area contributed by atoms with Crippen LogP contribution in [0.3, 0.4) is 0 Å². The van der Waals surface area contributed by atoms with Gasteiger partial charge in [-0.2, -0.15) is 0 Å². The van der Waals surface area contributed by atoms with Gasteiger partial charge in [0.25, 0.3) is 0 Å². The Labute approximate surface area is 135 Å². The van der Waals surface area contributed by atoms with Crippen LogP contribution in [0.15, 0.2) is 18.2 Å². The Morgan fingerprint density at radius 1 is 1.18 bits per heavy atom. The lowest BCUT2D eigenvalue weighted by molar-refractivity contribution is 0.0817. The summed E-state index contributed by atoms with van der Waals surface area (Å²) in [6, 6.07) is 6.36. The summed E-state index contributed by atoms with van der Waals surface area (Å²) in [4.78, 5) is 0. The fraction of sp³-hybridized carbons (Fsp3) is 0.684. The summed E-state index contributed by atoms with van der Waals surface area (Å²) in [5.74, 6) is 1.21. The molecule has 2 N–H and O–H groups in total. The summed E-state index contributed by atoms with van der Waals surface area (Å²) in [7, 11) is 0. The third kappa shape index (κ3) is 5.29. The van der Waals surface area contributed by atoms with Crippen LogP contribution in [0.2, 0.25) is 0 Å². The number of hydrogen-bond donors (Lipinski definition) is 2. The molecule has 3 heteroatoms. The van der Waals surface area contributed by atoms with Gasteiger partial charge in [0.05, 0.1) is 19.3 Å². The summed E-state index contributed by atoms with van der Waals surface area (Å²) in [6.45, 7) is 11.3. The third-order valence-electron chi connectivity index (χ3n) is 4.00. The van der Waals surface area contributed by atoms with E-state index in [-0.39, 0.29) is 17.9 Å². The molecule has 0 aliphatic heterocycles. The lowest BCUT2D eigenvalue weighted by atomic mass is 9.82. The Bertz CT molecular complexity index is 448. The molecule has 2 atom stereocenters. The van der Waals surface area contributed by atoms with E-state index in [9.17, 15) is 5.11 Å². The van der Waals surface area contributed by atoms with Crippen molar-refractivity contribution in [3.05, 3.63) is 29.3 Å². The number of ether oxygens (including phenoxy) is 1. The van der Waals surface area contributed by atoms with Crippen LogP contribution in [0, 0.1) is 0 Å². The maximum atomic E-state index is 9.75. The Balaban J connectivity index is 3.11. The fourth-order valence-corrected chi connectivity index (χ4v) is 2.67. The number of hydrogen-bond acceptors (Lipinski definition) is 3. The molecule has 2 unspecified atom stereocenters. The van der Waals surface area contributed by atoms with Crippen molar-refractivity contribution in [3.8, 4) is 5.75 Å². The summed E-state index contributed by atoms with van der Waals surface area (Å²) in [6.07, 6.45) is 1.87. The maximum Gasteiger partial charge on any atom is 0.123 e. The molecule has 0 amide bonds. The quantitative estimate of drug-likeness (QED) is 0.763. The number of aliphatic hydroxyl groups excluding tert-OH is 2. The van der Waals surface area contributed by atoms with E-state index in [1.165, 1.54) is 11.1 Å². The predicted molar refractivity (Wildman–Crippen MR) is 91.7 cm³/mol. The normalized spacial score (nSPS) is 14.7. The van der Waals surface area contributed by atoms with Gasteiger partial charge in [-0.15, -0.1) is 0 Å². The molecule has 0 saturated heterocycles. The monoisotopic (exact) mass is 308 g/mol. The summed E-state index contributed by atoms with van der Waals surface area (Å²) in [5, 5.41) is 18.8. The van der Waals surface area contributed by atoms with Crippen molar-refractivity contribution in [1.29, 1.82) is 0 Å². The van der Waals surface area contributed by atoms with Gasteiger partial charge in [0, 0.05) is 0 Å². The van der Waals surface area contributed by atoms with E-state index >= 15 is 0 Å². The molecule has 1 rings (SSSR count). The van der Waals surface area contributed by atoms with Crippen LogP contribution in [0.25, 0.3) is 0 Å². The van der Waals surface area contributed by atoms with Gasteiger partial charge >= 0.3 is 0 Å². The van der Waals surface area contributed by atoms with Crippen LogP contribution in [-0.2, 0) is 5.41 Å². The highest BCUT2D eigenvalue weighted by Crippen LogP contribution is 2.35. The van der Waals surface area contributed by atoms with Crippen molar-refractivity contribution in [2.45, 2.75) is 71.3 Å². The Kier molecular flexibility index (Phi) is 7.37. The molecule has 126 valence electrons. The first-order valence-corrected chi connectivity index (χ1v) is 8.39. The minimum absolute atomic E-state index is 0.00692. The van der Waals surface area contributed by atoms with E-state index in [4.69, 9.17) is 9.84 Å². The molecule has 22 heavy (non-hydrogen) atoms. The van der Waals surface area contributed by atoms with Crippen LogP contribution in [0.4, 0.5) is 0 Å². The van der Waals surface area contributed by atoms with Gasteiger partial charge in [-0.05, 0) is 47.8 Å². The minimum atomic E-state index is -0.654. The van der Waals surface area contributed by atoms with Crippen molar-refractivity contribution in [2.24, 2.45) is 0 Å². The number of benzene rings is 1. The van der Waals surface area contributed by atoms with Crippen LogP contribution in [-0.4, -0.2) is 29.5 Å². The minimum Gasteiger partial charge on any atom is -0.493 e. The van der Waals surface area contributed by atoms with Crippen molar-refractivity contribution < 1.29 is 14.9 Å². The van der Waals surface area contributed by atoms with Crippen LogP contribution < -0.4 is 4.74 Å². The summed E-state index contributed by atoms with van der Waals surface area (Å²) in [5.41, 5.74) is 2.42. The zero-order valence-electron chi connectivity index (χ0n) is 14.7. The van der Waals surface area contributed by atoms with Crippen LogP contribution in [0.5, 0.6) is 5.75 Å². The lowest BCUT2D eigenvalue weighted by Crippen LogP contribution is -2.18. The Morgan fingerprint density at radius 2 is 1.86 bits per heavy atom. The molecule has 1 aromatic rings. The SMILES string of the molecule is CCCOc1ccc(C(CC)CC(O)CO)cc1C(C)(C)C. The molecule has 3 nitrogen and oxygen atoms in total. The largest absolute Gasteiger partial charge is 0.493 e. The van der Waals surface area contributed by atoms with E-state index < -0.39 is 6.10 Å². The number of aliphatic hydroxyl groups is 2. The topological polar surface area (TPSA) is 49.7 Å². The summed E-state index contributed by atoms with van der Waals surface area (Å²) >= 11 is 0. The van der Waals surface area contributed by atoms with Crippen molar-refractivity contribution >= 4 is 0 Å². The van der Waals surface area contributed by atoms with Crippen LogP contribution >= 0.6 is 0 Å². The molecule has 0 heterocycles. The maximum absolute atomic E-state index is 9.75. The van der Waals surface area contributed by atoms with Crippen molar-refractivity contribution in [2.75, 3.05) is 13.2 Å². The fourth-order valence-electron chi connectivity index (χ4n) is 2.67. The highest BCUT2D eigenvalue weighted by molar-refractivity contribution is 5.42. The van der Waals surface area contributed by atoms with Gasteiger partial charge in [-0.3, -0.25) is 0 Å². The van der Waals surface area contributed by atoms with E-state index in [1.807, 2.05) is 0 Å². The second-order valence-electron chi connectivity index (χ2n) is 7.03. The van der Waals surface area contributed by atoms with Crippen LogP contribution in [0.1, 0.15) is 70.9 Å². The molecule has 0 bridgehead atoms. The second kappa shape index (κ2) is 8.54. The van der Waals surface area contributed by atoms with Crippen molar-refractivity contribution in [3.63, 3.8) is 0 Å². The van der Waals surface area contributed by atoms with E-state index in [1.54, 1.807) is 0 Å². The molecule has 0 aliphatic rings. The molecule has 0 spiro atoms. The first-order valence-electron chi connectivity index (χ1n) is 8.39. The van der Waals surface area contributed by atoms with E-state index in [0.29, 0.717) is 6.42 Å². The molecule has 0 aromatic heterocycles. The molecular weight excluding hydrogens is 276 g/mol. The highest BCUT2D eigenvalue weighted by Gasteiger charge is 2.22. The zero-order valence-corrected chi connectivity index (χ0v) is 14.7. The predicted octanol–water partition coefficient (Wildman–Crippen LogP) is 4.01. The molecular formula is C19H32O3. The van der Waals surface area contributed by atoms with Gasteiger partial charge in [0.1, 0.15) is 5.75 Å². The van der Waals surface area contributed by atoms with E-state index in [2.05, 4.69) is 52.8 Å². The second-order valence-corrected chi connectivity index (χ2v) is 7.03. The van der Waals surface area contributed by atoms with Gasteiger partial charge in [0.15, 0.2) is 0 Å². The molecule has 0 saturated carbocycles. The standard InChI is InChI=1S/C19H32O3/c1-6-10-22-18-9-8-15(12-17(18)19(3,4)5)14(7-2)11-16(21)13-20/h8-9,12,14,16,20-21H,6-7,10-11,13H2,1-5H3. The first-order chi connectivity index (χ1) is 10.3. The zero-order chi connectivity index (χ0) is 16.8. The lowest BCUT2D eigenvalue weighted by Gasteiger charge is -2.26. The Hall–Kier alpha value is -1.06. The average Bonchev–Trinajstić information content (AvgIpc) is 2.49. The first kappa shape index (κ1) is 19.0. The van der Waals surface area contributed by atoms with Crippen molar-refractivity contribution in [1.82, 2.24) is 0 Å². The highest BCUT2D eigenvalue weighted by atomic mass is 16.5. The van der Waals surface area contributed by atoms with Gasteiger partial charge < -0.3 is 14.9 Å². The molecule has 1 aromatic carbocycles. The smallest absolute Gasteiger partial charge is 0.123 e. The van der Waals surface area contributed by atoms with Gasteiger partial charge in [-0.25, -0.2) is 0 Å². The molecule has 0 radical (unpaired) electrons. The van der Waals surface area contributed by atoms with Gasteiger partial charge in [0.2, 0.25) is 0 Å². The number of rotatable bonds is 8. The Morgan fingerprint density at radius 3 is 2.36 bits per heavy atom. The molecule has 0 fully saturated rings.